The second kappa shape index (κ2) is 11.1. The van der Waals surface area contributed by atoms with Crippen LogP contribution in [-0.2, 0) is 0 Å². The number of likely N-dealkylation sites (N-methyl/N-ethyl adjacent to an activating group) is 1. The van der Waals surface area contributed by atoms with E-state index < -0.39 is 0 Å². The normalized spacial score (nSPS) is 16.4. The predicted octanol–water partition coefficient (Wildman–Crippen LogP) is 1.49. The van der Waals surface area contributed by atoms with Crippen molar-refractivity contribution in [2.75, 3.05) is 39.8 Å². The van der Waals surface area contributed by atoms with E-state index in [1.54, 1.807) is 0 Å². The molecular formula is C14H32N4O. The Morgan fingerprint density at radius 3 is 2.53 bits per heavy atom. The van der Waals surface area contributed by atoms with Gasteiger partial charge in [-0.05, 0) is 26.4 Å². The Hall–Kier alpha value is -0.810. The number of urea groups is 1. The highest BCUT2D eigenvalue weighted by atomic mass is 16.2. The number of rotatable bonds is 8. The Kier molecular flexibility index (Phi) is 10.6. The number of nitrogens with zero attached hydrogens (tertiary/aromatic N) is 2. The predicted molar refractivity (Wildman–Crippen MR) is 81.3 cm³/mol. The summed E-state index contributed by atoms with van der Waals surface area (Å²) in [6, 6.07) is 0.518. The molecule has 0 aliphatic carbocycles. The summed E-state index contributed by atoms with van der Waals surface area (Å²) in [4.78, 5) is 16.1. The van der Waals surface area contributed by atoms with Crippen LogP contribution in [0.4, 0.5) is 4.79 Å². The Morgan fingerprint density at radius 2 is 2.00 bits per heavy atom. The van der Waals surface area contributed by atoms with Crippen molar-refractivity contribution in [3.63, 3.8) is 0 Å². The first-order valence-corrected chi connectivity index (χ1v) is 7.64. The van der Waals surface area contributed by atoms with Gasteiger partial charge in [-0.2, -0.15) is 0 Å². The van der Waals surface area contributed by atoms with Gasteiger partial charge < -0.3 is 20.9 Å². The third-order valence-electron chi connectivity index (χ3n) is 3.32. The number of carbonyl (C=O) groups excluding carboxylic acids is 1. The first-order chi connectivity index (χ1) is 9.24. The second-order valence-electron chi connectivity index (χ2n) is 4.59. The van der Waals surface area contributed by atoms with E-state index in [4.69, 9.17) is 5.73 Å². The van der Waals surface area contributed by atoms with Gasteiger partial charge in [-0.25, -0.2) is 4.79 Å². The average molecular weight is 272 g/mol. The lowest BCUT2D eigenvalue weighted by atomic mass is 10.1. The fourth-order valence-corrected chi connectivity index (χ4v) is 2.38. The summed E-state index contributed by atoms with van der Waals surface area (Å²) in [7, 11) is 1.91. The molecule has 1 rings (SSSR count). The molecule has 5 nitrogen and oxygen atoms in total. The molecule has 1 fully saturated rings. The number of hydrogen-bond acceptors (Lipinski definition) is 3. The molecule has 1 atom stereocenters. The molecule has 0 aromatic heterocycles. The van der Waals surface area contributed by atoms with Gasteiger partial charge in [0.2, 0.25) is 0 Å². The lowest BCUT2D eigenvalue weighted by molar-refractivity contribution is 0.172. The van der Waals surface area contributed by atoms with Crippen molar-refractivity contribution in [2.24, 2.45) is 5.73 Å². The van der Waals surface area contributed by atoms with Crippen LogP contribution in [0.2, 0.25) is 0 Å². The second-order valence-corrected chi connectivity index (χ2v) is 4.59. The van der Waals surface area contributed by atoms with Gasteiger partial charge >= 0.3 is 6.03 Å². The van der Waals surface area contributed by atoms with E-state index >= 15 is 0 Å². The Labute approximate surface area is 118 Å². The minimum atomic E-state index is 0.187. The standard InChI is InChI=1S/C12H26N4O.C2H6/c1-3-4-11(5-6-13)16-10-9-15(12(16)17)8-7-14-2;1-2/h11,14H,3-10,13H2,1-2H3;1-2H3. The van der Waals surface area contributed by atoms with Crippen LogP contribution in [0.3, 0.4) is 0 Å². The molecule has 1 saturated heterocycles. The van der Waals surface area contributed by atoms with Crippen molar-refractivity contribution in [3.8, 4) is 0 Å². The van der Waals surface area contributed by atoms with Crippen LogP contribution in [0.5, 0.6) is 0 Å². The van der Waals surface area contributed by atoms with Gasteiger partial charge in [0.05, 0.1) is 0 Å². The molecule has 1 aliphatic rings. The molecule has 0 bridgehead atoms. The summed E-state index contributed by atoms with van der Waals surface area (Å²) in [5, 5.41) is 3.08. The van der Waals surface area contributed by atoms with E-state index in [1.807, 2.05) is 30.7 Å². The van der Waals surface area contributed by atoms with Gasteiger partial charge in [0.25, 0.3) is 0 Å². The minimum absolute atomic E-state index is 0.187. The third kappa shape index (κ3) is 5.78. The van der Waals surface area contributed by atoms with Crippen LogP contribution in [0.25, 0.3) is 0 Å². The number of nitrogens with two attached hydrogens (primary N) is 1. The van der Waals surface area contributed by atoms with Crippen molar-refractivity contribution >= 4 is 6.03 Å². The molecule has 19 heavy (non-hydrogen) atoms. The molecular weight excluding hydrogens is 240 g/mol. The maximum atomic E-state index is 12.2. The Bertz CT molecular complexity index is 229. The third-order valence-corrected chi connectivity index (χ3v) is 3.32. The smallest absolute Gasteiger partial charge is 0.320 e. The van der Waals surface area contributed by atoms with Crippen molar-refractivity contribution in [3.05, 3.63) is 0 Å². The zero-order chi connectivity index (χ0) is 14.7. The summed E-state index contributed by atoms with van der Waals surface area (Å²) in [6.45, 7) is 10.2. The van der Waals surface area contributed by atoms with E-state index in [0.717, 1.165) is 45.4 Å². The zero-order valence-electron chi connectivity index (χ0n) is 13.1. The van der Waals surface area contributed by atoms with Crippen LogP contribution in [-0.4, -0.2) is 61.6 Å². The number of carbonyl (C=O) groups is 1. The molecule has 1 unspecified atom stereocenters. The van der Waals surface area contributed by atoms with Gasteiger partial charge in [-0.1, -0.05) is 27.2 Å². The highest BCUT2D eigenvalue weighted by molar-refractivity contribution is 5.76. The molecule has 0 spiro atoms. The fourth-order valence-electron chi connectivity index (χ4n) is 2.38. The van der Waals surface area contributed by atoms with E-state index in [1.165, 1.54) is 0 Å². The van der Waals surface area contributed by atoms with Crippen LogP contribution in [0.15, 0.2) is 0 Å². The molecule has 0 aromatic rings. The van der Waals surface area contributed by atoms with E-state index in [2.05, 4.69) is 12.2 Å². The molecule has 5 heteroatoms. The van der Waals surface area contributed by atoms with Crippen LogP contribution < -0.4 is 11.1 Å². The fraction of sp³-hybridized carbons (Fsp3) is 0.929. The molecule has 3 N–H and O–H groups in total. The van der Waals surface area contributed by atoms with Crippen molar-refractivity contribution in [1.29, 1.82) is 0 Å². The van der Waals surface area contributed by atoms with Crippen LogP contribution >= 0.6 is 0 Å². The summed E-state index contributed by atoms with van der Waals surface area (Å²) >= 11 is 0. The van der Waals surface area contributed by atoms with Gasteiger partial charge in [0.1, 0.15) is 0 Å². The quantitative estimate of drug-likeness (QED) is 0.704. The summed E-state index contributed by atoms with van der Waals surface area (Å²) in [5.41, 5.74) is 5.63. The van der Waals surface area contributed by atoms with Crippen molar-refractivity contribution in [1.82, 2.24) is 15.1 Å². The Balaban J connectivity index is 0.00000154. The summed E-state index contributed by atoms with van der Waals surface area (Å²) in [6.07, 6.45) is 3.08. The SMILES string of the molecule is CC.CCCC(CCN)N1CCN(CCNC)C1=O. The largest absolute Gasteiger partial charge is 0.330 e. The molecule has 0 saturated carbocycles. The molecule has 0 aromatic carbocycles. The van der Waals surface area contributed by atoms with Gasteiger partial charge in [-0.15, -0.1) is 0 Å². The first kappa shape index (κ1) is 18.2. The van der Waals surface area contributed by atoms with Crippen molar-refractivity contribution in [2.45, 2.75) is 46.1 Å². The minimum Gasteiger partial charge on any atom is -0.330 e. The highest BCUT2D eigenvalue weighted by Crippen LogP contribution is 2.17. The van der Waals surface area contributed by atoms with E-state index in [-0.39, 0.29) is 6.03 Å². The topological polar surface area (TPSA) is 61.6 Å². The summed E-state index contributed by atoms with van der Waals surface area (Å²) in [5.74, 6) is 0. The first-order valence-electron chi connectivity index (χ1n) is 7.64. The molecule has 1 heterocycles. The maximum absolute atomic E-state index is 12.2. The monoisotopic (exact) mass is 272 g/mol. The lowest BCUT2D eigenvalue weighted by Crippen LogP contribution is -2.41. The Morgan fingerprint density at radius 1 is 1.32 bits per heavy atom. The van der Waals surface area contributed by atoms with E-state index in [9.17, 15) is 4.79 Å². The van der Waals surface area contributed by atoms with Crippen LogP contribution in [0.1, 0.15) is 40.0 Å². The number of amides is 2. The van der Waals surface area contributed by atoms with Gasteiger partial charge in [0, 0.05) is 32.2 Å². The molecule has 0 radical (unpaired) electrons. The zero-order valence-corrected chi connectivity index (χ0v) is 13.1. The number of nitrogens with one attached hydrogen (secondary N) is 1. The van der Waals surface area contributed by atoms with Crippen LogP contribution in [0, 0.1) is 0 Å². The highest BCUT2D eigenvalue weighted by Gasteiger charge is 2.32. The van der Waals surface area contributed by atoms with Gasteiger partial charge in [0.15, 0.2) is 0 Å². The summed E-state index contributed by atoms with van der Waals surface area (Å²) < 4.78 is 0. The van der Waals surface area contributed by atoms with Crippen molar-refractivity contribution < 1.29 is 4.79 Å². The molecule has 1 aliphatic heterocycles. The number of hydrogen-bond donors (Lipinski definition) is 2. The van der Waals surface area contributed by atoms with E-state index in [0.29, 0.717) is 12.6 Å². The maximum Gasteiger partial charge on any atom is 0.320 e. The average Bonchev–Trinajstić information content (AvgIpc) is 2.80. The molecule has 2 amide bonds. The molecule has 114 valence electrons. The lowest BCUT2D eigenvalue weighted by Gasteiger charge is -2.27. The van der Waals surface area contributed by atoms with Gasteiger partial charge in [-0.3, -0.25) is 0 Å².